The Kier molecular flexibility index (Phi) is 3.56. The second kappa shape index (κ2) is 5.30. The van der Waals surface area contributed by atoms with Crippen molar-refractivity contribution >= 4 is 22.7 Å². The van der Waals surface area contributed by atoms with E-state index in [0.29, 0.717) is 13.0 Å². The van der Waals surface area contributed by atoms with Crippen LogP contribution >= 0.6 is 0 Å². The number of carboxylic acids is 1. The number of nitrogens with zero attached hydrogens (tertiary/aromatic N) is 3. The van der Waals surface area contributed by atoms with Crippen LogP contribution in [0.15, 0.2) is 40.8 Å². The molecule has 1 aromatic carbocycles. The van der Waals surface area contributed by atoms with Gasteiger partial charge < -0.3 is 15.5 Å². The van der Waals surface area contributed by atoms with Gasteiger partial charge in [-0.15, -0.1) is 5.11 Å². The summed E-state index contributed by atoms with van der Waals surface area (Å²) >= 11 is 0. The zero-order chi connectivity index (χ0) is 13.8. The van der Waals surface area contributed by atoms with Gasteiger partial charge in [-0.25, -0.2) is 4.79 Å². The largest absolute Gasteiger partial charge is 0.478 e. The van der Waals surface area contributed by atoms with Gasteiger partial charge in [0.2, 0.25) is 0 Å². The molecular formula is C12H13N5O2. The van der Waals surface area contributed by atoms with E-state index < -0.39 is 5.97 Å². The van der Waals surface area contributed by atoms with E-state index >= 15 is 0 Å². The number of carboxylic acid groups (broad SMARTS) is 1. The maximum absolute atomic E-state index is 10.9. The summed E-state index contributed by atoms with van der Waals surface area (Å²) < 4.78 is 1.93. The number of aryl methyl sites for hydroxylation is 1. The number of nitrogens with two attached hydrogens (primary N) is 1. The number of aromatic nitrogens is 1. The number of amidine groups is 1. The fourth-order valence-electron chi connectivity index (χ4n) is 1.87. The highest BCUT2D eigenvalue weighted by Gasteiger charge is 2.07. The van der Waals surface area contributed by atoms with Crippen LogP contribution in [0.1, 0.15) is 16.8 Å². The highest BCUT2D eigenvalue weighted by molar-refractivity contribution is 5.93. The molecule has 0 amide bonds. The van der Waals surface area contributed by atoms with Crippen LogP contribution < -0.4 is 5.84 Å². The number of benzene rings is 1. The number of aromatic carboxylic acids is 1. The van der Waals surface area contributed by atoms with Crippen molar-refractivity contribution in [2.24, 2.45) is 16.2 Å². The molecule has 7 heteroatoms. The Labute approximate surface area is 108 Å². The van der Waals surface area contributed by atoms with Gasteiger partial charge >= 0.3 is 5.97 Å². The number of hydrogen-bond donors (Lipinski definition) is 3. The van der Waals surface area contributed by atoms with Crippen LogP contribution in [-0.4, -0.2) is 21.5 Å². The van der Waals surface area contributed by atoms with Gasteiger partial charge in [0.25, 0.3) is 0 Å². The molecule has 0 saturated heterocycles. The standard InChI is InChI=1S/C12H13N5O2/c13-11(15-16-14)4-6-17-5-3-8-7-9(12(18)19)1-2-10(8)17/h1-3,5,7H,4,6H2,(H,18,19)(H3,13,14,15). The van der Waals surface area contributed by atoms with E-state index in [2.05, 4.69) is 10.3 Å². The van der Waals surface area contributed by atoms with Gasteiger partial charge in [-0.1, -0.05) is 5.22 Å². The summed E-state index contributed by atoms with van der Waals surface area (Å²) in [4.78, 5) is 10.9. The van der Waals surface area contributed by atoms with E-state index in [1.165, 1.54) is 0 Å². The first-order chi connectivity index (χ1) is 9.11. The van der Waals surface area contributed by atoms with E-state index in [9.17, 15) is 4.79 Å². The molecule has 98 valence electrons. The fraction of sp³-hybridized carbons (Fsp3) is 0.167. The van der Waals surface area contributed by atoms with Crippen molar-refractivity contribution in [2.45, 2.75) is 13.0 Å². The highest BCUT2D eigenvalue weighted by Crippen LogP contribution is 2.18. The zero-order valence-corrected chi connectivity index (χ0v) is 10.1. The smallest absolute Gasteiger partial charge is 0.335 e. The summed E-state index contributed by atoms with van der Waals surface area (Å²) in [5, 5.41) is 23.7. The van der Waals surface area contributed by atoms with Crippen molar-refractivity contribution in [1.29, 1.82) is 5.41 Å². The lowest BCUT2D eigenvalue weighted by Gasteiger charge is -2.04. The maximum atomic E-state index is 10.9. The molecule has 0 aliphatic heterocycles. The second-order valence-electron chi connectivity index (χ2n) is 4.00. The minimum atomic E-state index is -0.945. The number of hydrogen-bond acceptors (Lipinski definition) is 3. The summed E-state index contributed by atoms with van der Waals surface area (Å²) in [6.45, 7) is 0.563. The van der Waals surface area contributed by atoms with Crippen molar-refractivity contribution < 1.29 is 9.90 Å². The fourth-order valence-corrected chi connectivity index (χ4v) is 1.87. The van der Waals surface area contributed by atoms with Gasteiger partial charge in [-0.2, -0.15) is 0 Å². The van der Waals surface area contributed by atoms with Crippen LogP contribution in [0.25, 0.3) is 10.9 Å². The minimum absolute atomic E-state index is 0.103. The predicted molar refractivity (Wildman–Crippen MR) is 70.3 cm³/mol. The normalized spacial score (nSPS) is 11.2. The predicted octanol–water partition coefficient (Wildman–Crippen LogP) is 2.03. The quantitative estimate of drug-likeness (QED) is 0.256. The first-order valence-corrected chi connectivity index (χ1v) is 5.62. The molecule has 19 heavy (non-hydrogen) atoms. The monoisotopic (exact) mass is 259 g/mol. The van der Waals surface area contributed by atoms with Crippen LogP contribution in [0.5, 0.6) is 0 Å². The van der Waals surface area contributed by atoms with Crippen LogP contribution in [0.2, 0.25) is 0 Å². The first-order valence-electron chi connectivity index (χ1n) is 5.62. The molecule has 0 atom stereocenters. The Bertz CT molecular complexity index is 659. The van der Waals surface area contributed by atoms with Crippen LogP contribution in [-0.2, 0) is 6.54 Å². The molecule has 0 bridgehead atoms. The summed E-state index contributed by atoms with van der Waals surface area (Å²) in [5.41, 5.74) is 1.18. The van der Waals surface area contributed by atoms with Crippen molar-refractivity contribution in [1.82, 2.24) is 4.57 Å². The second-order valence-corrected chi connectivity index (χ2v) is 4.00. The van der Waals surface area contributed by atoms with Crippen LogP contribution in [0, 0.1) is 5.41 Å². The van der Waals surface area contributed by atoms with Crippen molar-refractivity contribution in [3.8, 4) is 0 Å². The lowest BCUT2D eigenvalue weighted by atomic mass is 10.1. The minimum Gasteiger partial charge on any atom is -0.478 e. The van der Waals surface area contributed by atoms with Crippen LogP contribution in [0.4, 0.5) is 0 Å². The lowest BCUT2D eigenvalue weighted by molar-refractivity contribution is 0.0697. The Morgan fingerprint density at radius 2 is 2.21 bits per heavy atom. The van der Waals surface area contributed by atoms with Crippen molar-refractivity contribution in [3.63, 3.8) is 0 Å². The third-order valence-electron chi connectivity index (χ3n) is 2.79. The molecule has 2 aromatic rings. The molecule has 0 spiro atoms. The molecule has 0 aliphatic carbocycles. The average molecular weight is 259 g/mol. The Morgan fingerprint density at radius 1 is 1.42 bits per heavy atom. The number of nitrogens with one attached hydrogen (secondary N) is 1. The molecule has 0 fully saturated rings. The van der Waals surface area contributed by atoms with Gasteiger partial charge in [0.15, 0.2) is 0 Å². The molecule has 4 N–H and O–H groups in total. The zero-order valence-electron chi connectivity index (χ0n) is 10.1. The molecule has 0 aliphatic rings. The van der Waals surface area contributed by atoms with Gasteiger partial charge in [0.05, 0.1) is 5.56 Å². The molecule has 0 saturated carbocycles. The van der Waals surface area contributed by atoms with Crippen molar-refractivity contribution in [2.75, 3.05) is 0 Å². The summed E-state index contributed by atoms with van der Waals surface area (Å²) in [5.74, 6) is 4.03. The molecule has 1 heterocycles. The molecular weight excluding hydrogens is 246 g/mol. The Balaban J connectivity index is 2.21. The van der Waals surface area contributed by atoms with Gasteiger partial charge in [-0.3, -0.25) is 5.41 Å². The highest BCUT2D eigenvalue weighted by atomic mass is 16.4. The number of rotatable bonds is 4. The molecule has 2 rings (SSSR count). The third kappa shape index (κ3) is 2.76. The van der Waals surface area contributed by atoms with Crippen molar-refractivity contribution in [3.05, 3.63) is 36.0 Å². The number of carbonyl (C=O) groups is 1. The van der Waals surface area contributed by atoms with Crippen LogP contribution in [0.3, 0.4) is 0 Å². The summed E-state index contributed by atoms with van der Waals surface area (Å²) in [6, 6.07) is 6.79. The third-order valence-corrected chi connectivity index (χ3v) is 2.79. The van der Waals surface area contributed by atoms with E-state index in [-0.39, 0.29) is 11.4 Å². The Morgan fingerprint density at radius 3 is 2.89 bits per heavy atom. The van der Waals surface area contributed by atoms with Gasteiger partial charge in [-0.05, 0) is 24.3 Å². The van der Waals surface area contributed by atoms with E-state index in [0.717, 1.165) is 10.9 Å². The number of fused-ring (bicyclic) bond motifs is 1. The Hall–Kier alpha value is -2.70. The molecule has 7 nitrogen and oxygen atoms in total. The molecule has 0 unspecified atom stereocenters. The topological polar surface area (TPSA) is 117 Å². The summed E-state index contributed by atoms with van der Waals surface area (Å²) in [6.07, 6.45) is 2.26. The first kappa shape index (κ1) is 12.7. The maximum Gasteiger partial charge on any atom is 0.335 e. The average Bonchev–Trinajstić information content (AvgIpc) is 2.79. The van der Waals surface area contributed by atoms with E-state index in [1.54, 1.807) is 18.2 Å². The summed E-state index contributed by atoms with van der Waals surface area (Å²) in [7, 11) is 0. The van der Waals surface area contributed by atoms with E-state index in [4.69, 9.17) is 16.4 Å². The molecule has 1 aromatic heterocycles. The lowest BCUT2D eigenvalue weighted by Crippen LogP contribution is -2.02. The van der Waals surface area contributed by atoms with E-state index in [1.807, 2.05) is 16.8 Å². The van der Waals surface area contributed by atoms with Gasteiger partial charge in [0, 0.05) is 30.1 Å². The SMILES string of the molecule is N=C(CCn1ccc2cc(C(=O)O)ccc21)/N=N\N. The molecule has 0 radical (unpaired) electrons. The van der Waals surface area contributed by atoms with Gasteiger partial charge in [0.1, 0.15) is 5.84 Å².